The molecule has 0 spiro atoms. The van der Waals surface area contributed by atoms with Gasteiger partial charge in [0.2, 0.25) is 0 Å². The van der Waals surface area contributed by atoms with Crippen LogP contribution in [0.4, 0.5) is 0 Å². The second-order valence-corrected chi connectivity index (χ2v) is 5.27. The van der Waals surface area contributed by atoms with Gasteiger partial charge in [-0.15, -0.1) is 5.92 Å². The van der Waals surface area contributed by atoms with E-state index in [1.54, 1.807) is 0 Å². The van der Waals surface area contributed by atoms with Crippen LogP contribution in [0.5, 0.6) is 0 Å². The molecule has 1 saturated heterocycles. The first-order valence-electron chi connectivity index (χ1n) is 7.01. The van der Waals surface area contributed by atoms with Gasteiger partial charge in [-0.2, -0.15) is 0 Å². The fraction of sp³-hybridized carbons (Fsp3) is 0.929. The van der Waals surface area contributed by atoms with Crippen LogP contribution in [0.2, 0.25) is 12.6 Å². The molecule has 0 saturated carbocycles. The second-order valence-electron chi connectivity index (χ2n) is 5.27. The van der Waals surface area contributed by atoms with Crippen LogP contribution in [-0.2, 0) is 4.74 Å². The number of ether oxygens (including phenoxy) is 1. The van der Waals surface area contributed by atoms with E-state index >= 15 is 0 Å². The number of hydrogen-bond donors (Lipinski definition) is 0. The molecule has 0 bridgehead atoms. The molecule has 17 heavy (non-hydrogen) atoms. The van der Waals surface area contributed by atoms with Crippen molar-refractivity contribution < 1.29 is 4.74 Å². The van der Waals surface area contributed by atoms with Crippen molar-refractivity contribution in [1.82, 2.24) is 0 Å². The van der Waals surface area contributed by atoms with E-state index in [0.717, 1.165) is 12.2 Å². The van der Waals surface area contributed by atoms with E-state index in [9.17, 15) is 0 Å². The third-order valence-electron chi connectivity index (χ3n) is 4.15. The smallest absolute Gasteiger partial charge is 0.112 e. The summed E-state index contributed by atoms with van der Waals surface area (Å²) in [5.41, 5.74) is 0. The van der Waals surface area contributed by atoms with E-state index in [0.29, 0.717) is 17.9 Å². The van der Waals surface area contributed by atoms with Crippen LogP contribution < -0.4 is 0 Å². The third kappa shape index (κ3) is 4.42. The van der Waals surface area contributed by atoms with Gasteiger partial charge in [-0.1, -0.05) is 65.5 Å². The summed E-state index contributed by atoms with van der Waals surface area (Å²) in [7, 11) is 2.41. The first-order chi connectivity index (χ1) is 7.70. The molecule has 0 aliphatic carbocycles. The molecule has 0 aromatic carbocycles. The first kappa shape index (κ1) is 16.0. The molecule has 1 radical (unpaired) electrons. The minimum atomic E-state index is 0. The Bertz CT molecular complexity index is 189. The fourth-order valence-corrected chi connectivity index (χ4v) is 2.55. The Labute approximate surface area is 103 Å². The summed E-state index contributed by atoms with van der Waals surface area (Å²) < 4.78 is 5.89. The minimum Gasteiger partial charge on any atom is -0.550 e. The van der Waals surface area contributed by atoms with E-state index < -0.39 is 0 Å². The van der Waals surface area contributed by atoms with Crippen LogP contribution in [0.1, 0.15) is 47.0 Å². The Morgan fingerprint density at radius 2 is 1.88 bits per heavy atom. The van der Waals surface area contributed by atoms with Crippen LogP contribution in [-0.4, -0.2) is 13.4 Å². The Balaban J connectivity index is 0.00000256. The average molecular weight is 489 g/mol. The Morgan fingerprint density at radius 1 is 1.18 bits per heavy atom. The summed E-state index contributed by atoms with van der Waals surface area (Å²) in [5, 5.41) is 0. The van der Waals surface area contributed by atoms with Crippen LogP contribution >= 0.6 is 0 Å². The van der Waals surface area contributed by atoms with Crippen LogP contribution in [0.3, 0.4) is 0 Å². The summed E-state index contributed by atoms with van der Waals surface area (Å²) >= 11 is 0. The van der Waals surface area contributed by atoms with Gasteiger partial charge < -0.3 is 4.74 Å². The molecule has 4 unspecified atom stereocenters. The second kappa shape index (κ2) is 8.17. The van der Waals surface area contributed by atoms with Crippen LogP contribution in [0.15, 0.2) is 0 Å². The standard InChI is InChI=1S/C14H27BO.Rf/c1-5-7-8-15-9-14-12(4)11(3)13(6-2)10-16-14;/h10-14H,5-9H2,1-4H3;/q-1;. The van der Waals surface area contributed by atoms with Crippen LogP contribution in [0.25, 0.3) is 0 Å². The van der Waals surface area contributed by atoms with E-state index in [1.165, 1.54) is 25.6 Å². The maximum absolute atomic E-state index is 5.89. The Hall–Kier alpha value is -0.975. The van der Waals surface area contributed by atoms with Gasteiger partial charge in [-0.25, -0.2) is 6.61 Å². The Morgan fingerprint density at radius 3 is 2.47 bits per heavy atom. The molecule has 1 aliphatic rings. The zero-order valence-electron chi connectivity index (χ0n) is 12.1. The molecule has 1 rings (SSSR count). The Kier molecular flexibility index (Phi) is 7.70. The molecular weight excluding hydrogens is 462 g/mol. The van der Waals surface area contributed by atoms with Gasteiger partial charge in [0.05, 0.1) is 0 Å². The topological polar surface area (TPSA) is 9.23 Å². The summed E-state index contributed by atoms with van der Waals surface area (Å²) in [4.78, 5) is 0. The molecule has 0 aromatic rings. The molecular formula is C14H27BORf-. The average Bonchev–Trinajstić information content (AvgIpc) is 2.30. The molecule has 1 heterocycles. The summed E-state index contributed by atoms with van der Waals surface area (Å²) in [6.07, 6.45) is 6.61. The van der Waals surface area contributed by atoms with Gasteiger partial charge in [-0.05, 0) is 5.92 Å². The predicted octanol–water partition coefficient (Wildman–Crippen LogP) is 4.19. The molecule has 1 aliphatic heterocycles. The molecule has 0 amide bonds. The zero-order valence-corrected chi connectivity index (χ0v) is 18.5. The van der Waals surface area contributed by atoms with Crippen molar-refractivity contribution in [1.29, 1.82) is 0 Å². The number of unbranched alkanes of at least 4 members (excludes halogenated alkanes) is 1. The van der Waals surface area contributed by atoms with E-state index in [1.807, 2.05) is 0 Å². The molecule has 0 aromatic heterocycles. The minimum absolute atomic E-state index is 0. The van der Waals surface area contributed by atoms with E-state index in [4.69, 9.17) is 4.74 Å². The van der Waals surface area contributed by atoms with E-state index in [2.05, 4.69) is 41.6 Å². The van der Waals surface area contributed by atoms with E-state index in [-0.39, 0.29) is 0 Å². The monoisotopic (exact) mass is 489 g/mol. The zero-order chi connectivity index (χ0) is 12.0. The van der Waals surface area contributed by atoms with Gasteiger partial charge in [-0.3, -0.25) is 0 Å². The van der Waals surface area contributed by atoms with Crippen molar-refractivity contribution in [3.05, 3.63) is 6.61 Å². The molecule has 95 valence electrons. The molecule has 1 nitrogen and oxygen atoms in total. The van der Waals surface area contributed by atoms with Crippen molar-refractivity contribution in [2.45, 2.75) is 65.7 Å². The molecule has 0 N–H and O–H groups in total. The largest absolute Gasteiger partial charge is 0.550 e. The normalized spacial score (nSPS) is 32.9. The third-order valence-corrected chi connectivity index (χ3v) is 4.15. The summed E-state index contributed by atoms with van der Waals surface area (Å²) in [6, 6.07) is 0. The number of hydrogen-bond acceptors (Lipinski definition) is 1. The maximum Gasteiger partial charge on any atom is 0.112 e. The van der Waals surface area contributed by atoms with Gasteiger partial charge in [0.25, 0.3) is 0 Å². The molecule has 1 fully saturated rings. The van der Waals surface area contributed by atoms with Crippen molar-refractivity contribution >= 4 is 7.28 Å². The SMILES string of the molecule is CCCC[B]CC1O[CH-]C(CC)C(C)C1C.[Rf]. The quantitative estimate of drug-likeness (QED) is 0.309. The fourth-order valence-electron chi connectivity index (χ4n) is 2.55. The van der Waals surface area contributed by atoms with Crippen molar-refractivity contribution in [3.63, 3.8) is 0 Å². The summed E-state index contributed by atoms with van der Waals surface area (Å²) in [6.45, 7) is 11.3. The van der Waals surface area contributed by atoms with Crippen molar-refractivity contribution in [3.8, 4) is 0 Å². The summed E-state index contributed by atoms with van der Waals surface area (Å²) in [5.74, 6) is 2.11. The van der Waals surface area contributed by atoms with Crippen LogP contribution in [0, 0.1) is 24.4 Å². The predicted molar refractivity (Wildman–Crippen MR) is 71.6 cm³/mol. The molecule has 3 heteroatoms. The maximum atomic E-state index is 5.89. The van der Waals surface area contributed by atoms with Gasteiger partial charge in [0.1, 0.15) is 7.28 Å². The van der Waals surface area contributed by atoms with Crippen molar-refractivity contribution in [2.24, 2.45) is 17.8 Å². The van der Waals surface area contributed by atoms with Gasteiger partial charge in [0, 0.05) is 6.10 Å². The van der Waals surface area contributed by atoms with Gasteiger partial charge in [0.15, 0.2) is 0 Å². The first-order valence-corrected chi connectivity index (χ1v) is 7.01. The van der Waals surface area contributed by atoms with Crippen molar-refractivity contribution in [2.75, 3.05) is 0 Å². The number of rotatable bonds is 6. The molecule has 4 atom stereocenters. The van der Waals surface area contributed by atoms with Gasteiger partial charge >= 0.3 is 0 Å².